The van der Waals surface area contributed by atoms with Crippen LogP contribution in [0.4, 0.5) is 0 Å². The summed E-state index contributed by atoms with van der Waals surface area (Å²) in [6, 6.07) is 19.2. The lowest BCUT2D eigenvalue weighted by Crippen LogP contribution is -2.21. The van der Waals surface area contributed by atoms with E-state index in [1.54, 1.807) is 0 Å². The number of nitrogens with zero attached hydrogens (tertiary/aromatic N) is 2. The molecular formula is C28H32N6. The maximum Gasteiger partial charge on any atom is 0.123 e. The molecule has 2 aliphatic heterocycles. The van der Waals surface area contributed by atoms with Gasteiger partial charge in [-0.15, -0.1) is 0 Å². The van der Waals surface area contributed by atoms with Gasteiger partial charge in [0.25, 0.3) is 0 Å². The first-order chi connectivity index (χ1) is 16.6. The highest BCUT2D eigenvalue weighted by Gasteiger charge is 2.25. The standard InChI is InChI=1S/C28H32N6/c1-17-3-13-23(31-17)27-29-15-25(33-27)21-9-5-19(6-10-21)20-7-11-22(12-8-20)26-16-30-28(34-26)24-14-4-18(2)32-24/h5-12,15-18,23-24,31-32H,3-4,13-14H2,1-2H3,(H,29,33)(H,30,34)/t17-,18-,23-,24-/m1/s1. The predicted octanol–water partition coefficient (Wildman–Crippen LogP) is 5.76. The van der Waals surface area contributed by atoms with Gasteiger partial charge in [-0.05, 0) is 61.8 Å². The van der Waals surface area contributed by atoms with Crippen LogP contribution in [0.1, 0.15) is 63.3 Å². The molecule has 2 fully saturated rings. The number of benzene rings is 2. The van der Waals surface area contributed by atoms with Crippen LogP contribution in [0.3, 0.4) is 0 Å². The van der Waals surface area contributed by atoms with Crippen molar-refractivity contribution < 1.29 is 0 Å². The van der Waals surface area contributed by atoms with Crippen molar-refractivity contribution >= 4 is 0 Å². The van der Waals surface area contributed by atoms with Gasteiger partial charge in [-0.25, -0.2) is 9.97 Å². The summed E-state index contributed by atoms with van der Waals surface area (Å²) < 4.78 is 0. The molecule has 0 spiro atoms. The lowest BCUT2D eigenvalue weighted by atomic mass is 10.0. The van der Waals surface area contributed by atoms with Crippen molar-refractivity contribution in [3.05, 3.63) is 72.6 Å². The lowest BCUT2D eigenvalue weighted by molar-refractivity contribution is 0.564. The van der Waals surface area contributed by atoms with Gasteiger partial charge >= 0.3 is 0 Å². The fourth-order valence-corrected chi connectivity index (χ4v) is 5.29. The summed E-state index contributed by atoms with van der Waals surface area (Å²) in [7, 11) is 0. The Hall–Kier alpha value is -3.22. The second kappa shape index (κ2) is 8.85. The summed E-state index contributed by atoms with van der Waals surface area (Å²) in [6.45, 7) is 4.46. The monoisotopic (exact) mass is 452 g/mol. The maximum absolute atomic E-state index is 4.63. The van der Waals surface area contributed by atoms with E-state index in [0.717, 1.165) is 47.0 Å². The number of imidazole rings is 2. The molecule has 2 aromatic heterocycles. The van der Waals surface area contributed by atoms with Crippen LogP contribution in [-0.4, -0.2) is 32.0 Å². The highest BCUT2D eigenvalue weighted by atomic mass is 15.1. The second-order valence-corrected chi connectivity index (χ2v) is 9.91. The van der Waals surface area contributed by atoms with Crippen LogP contribution < -0.4 is 10.6 Å². The molecule has 2 saturated heterocycles. The van der Waals surface area contributed by atoms with Gasteiger partial charge in [0.1, 0.15) is 11.6 Å². The number of H-pyrrole nitrogens is 2. The van der Waals surface area contributed by atoms with E-state index in [1.165, 1.54) is 24.0 Å². The number of aromatic nitrogens is 4. The van der Waals surface area contributed by atoms with Crippen molar-refractivity contribution in [1.29, 1.82) is 0 Å². The van der Waals surface area contributed by atoms with E-state index in [4.69, 9.17) is 0 Å². The third kappa shape index (κ3) is 4.19. The van der Waals surface area contributed by atoms with Crippen LogP contribution in [0.15, 0.2) is 60.9 Å². The topological polar surface area (TPSA) is 81.4 Å². The molecule has 6 nitrogen and oxygen atoms in total. The largest absolute Gasteiger partial charge is 0.341 e. The molecule has 6 rings (SSSR count). The minimum absolute atomic E-state index is 0.338. The zero-order valence-electron chi connectivity index (χ0n) is 19.8. The van der Waals surface area contributed by atoms with E-state index in [9.17, 15) is 0 Å². The quantitative estimate of drug-likeness (QED) is 0.310. The summed E-state index contributed by atoms with van der Waals surface area (Å²) >= 11 is 0. The summed E-state index contributed by atoms with van der Waals surface area (Å²) in [5, 5.41) is 7.19. The molecule has 0 unspecified atom stereocenters. The molecule has 174 valence electrons. The molecule has 0 radical (unpaired) electrons. The van der Waals surface area contributed by atoms with Gasteiger partial charge in [0.2, 0.25) is 0 Å². The second-order valence-electron chi connectivity index (χ2n) is 9.91. The third-order valence-electron chi connectivity index (χ3n) is 7.32. The lowest BCUT2D eigenvalue weighted by Gasteiger charge is -2.08. The highest BCUT2D eigenvalue weighted by Crippen LogP contribution is 2.30. The van der Waals surface area contributed by atoms with Crippen molar-refractivity contribution in [1.82, 2.24) is 30.6 Å². The number of aromatic amines is 2. The van der Waals surface area contributed by atoms with E-state index < -0.39 is 0 Å². The van der Waals surface area contributed by atoms with E-state index in [2.05, 4.69) is 92.9 Å². The van der Waals surface area contributed by atoms with Gasteiger partial charge in [0, 0.05) is 12.1 Å². The number of nitrogens with one attached hydrogen (secondary N) is 4. The zero-order chi connectivity index (χ0) is 23.1. The fourth-order valence-electron chi connectivity index (χ4n) is 5.29. The van der Waals surface area contributed by atoms with Gasteiger partial charge in [-0.3, -0.25) is 0 Å². The summed E-state index contributed by atoms with van der Waals surface area (Å²) in [6.07, 6.45) is 8.58. The first-order valence-electron chi connectivity index (χ1n) is 12.5. The molecular weight excluding hydrogens is 420 g/mol. The minimum Gasteiger partial charge on any atom is -0.341 e. The van der Waals surface area contributed by atoms with Crippen molar-refractivity contribution in [2.45, 2.75) is 63.7 Å². The fraction of sp³-hybridized carbons (Fsp3) is 0.357. The number of hydrogen-bond donors (Lipinski definition) is 4. The third-order valence-corrected chi connectivity index (χ3v) is 7.32. The van der Waals surface area contributed by atoms with Crippen LogP contribution in [0.2, 0.25) is 0 Å². The molecule has 0 bridgehead atoms. The molecule has 0 amide bonds. The number of rotatable bonds is 5. The normalized spacial score (nSPS) is 24.6. The van der Waals surface area contributed by atoms with Crippen LogP contribution in [0.5, 0.6) is 0 Å². The van der Waals surface area contributed by atoms with Gasteiger partial charge < -0.3 is 20.6 Å². The van der Waals surface area contributed by atoms with Crippen molar-refractivity contribution in [3.8, 4) is 33.6 Å². The van der Waals surface area contributed by atoms with Crippen molar-refractivity contribution in [2.24, 2.45) is 0 Å². The van der Waals surface area contributed by atoms with Crippen LogP contribution in [-0.2, 0) is 0 Å². The Balaban J connectivity index is 1.15. The van der Waals surface area contributed by atoms with E-state index in [1.807, 2.05) is 12.4 Å². The summed E-state index contributed by atoms with van der Waals surface area (Å²) in [5.41, 5.74) is 6.86. The molecule has 0 saturated carbocycles. The van der Waals surface area contributed by atoms with Crippen LogP contribution in [0, 0.1) is 0 Å². The van der Waals surface area contributed by atoms with E-state index in [-0.39, 0.29) is 0 Å². The molecule has 2 aromatic carbocycles. The van der Waals surface area contributed by atoms with E-state index in [0.29, 0.717) is 24.2 Å². The Morgan fingerprint density at radius 1 is 0.559 bits per heavy atom. The molecule has 4 N–H and O–H groups in total. The smallest absolute Gasteiger partial charge is 0.123 e. The molecule has 6 heteroatoms. The van der Waals surface area contributed by atoms with Gasteiger partial charge in [0.15, 0.2) is 0 Å². The van der Waals surface area contributed by atoms with Crippen LogP contribution >= 0.6 is 0 Å². The first-order valence-corrected chi connectivity index (χ1v) is 12.5. The summed E-state index contributed by atoms with van der Waals surface area (Å²) in [5.74, 6) is 2.08. The number of hydrogen-bond acceptors (Lipinski definition) is 4. The molecule has 2 aliphatic rings. The Bertz CT molecular complexity index is 1150. The Morgan fingerprint density at radius 2 is 0.941 bits per heavy atom. The Kier molecular flexibility index (Phi) is 5.55. The molecule has 4 heterocycles. The van der Waals surface area contributed by atoms with Gasteiger partial charge in [0.05, 0.1) is 35.9 Å². The maximum atomic E-state index is 4.63. The molecule has 4 atom stereocenters. The average Bonchev–Trinajstić information content (AvgIpc) is 3.66. The van der Waals surface area contributed by atoms with Crippen LogP contribution in [0.25, 0.3) is 33.6 Å². The highest BCUT2D eigenvalue weighted by molar-refractivity contribution is 5.71. The van der Waals surface area contributed by atoms with E-state index >= 15 is 0 Å². The molecule has 0 aliphatic carbocycles. The van der Waals surface area contributed by atoms with Gasteiger partial charge in [-0.2, -0.15) is 0 Å². The molecule has 4 aromatic rings. The van der Waals surface area contributed by atoms with Crippen molar-refractivity contribution in [3.63, 3.8) is 0 Å². The predicted molar refractivity (Wildman–Crippen MR) is 136 cm³/mol. The zero-order valence-corrected chi connectivity index (χ0v) is 19.8. The van der Waals surface area contributed by atoms with Gasteiger partial charge in [-0.1, -0.05) is 48.5 Å². The Labute approximate surface area is 200 Å². The average molecular weight is 453 g/mol. The van der Waals surface area contributed by atoms with Crippen molar-refractivity contribution in [2.75, 3.05) is 0 Å². The SMILES string of the molecule is C[C@@H]1CC[C@H](c2ncc(-c3ccc(-c4ccc(-c5cnc([C@H]6CC[C@@H](C)N6)[nH]5)cc4)cc3)[nH]2)N1. The summed E-state index contributed by atoms with van der Waals surface area (Å²) in [4.78, 5) is 16.3. The Morgan fingerprint density at radius 3 is 1.29 bits per heavy atom. The molecule has 34 heavy (non-hydrogen) atoms. The minimum atomic E-state index is 0.338. The first kappa shape index (κ1) is 21.3.